The monoisotopic (exact) mass is 336 g/mol. The Hall–Kier alpha value is -1.96. The third-order valence-electron chi connectivity index (χ3n) is 4.50. The highest BCUT2D eigenvalue weighted by atomic mass is 14.8. The first kappa shape index (κ1) is 19.4. The van der Waals surface area contributed by atoms with Crippen molar-refractivity contribution in [2.24, 2.45) is 0 Å². The Kier molecular flexibility index (Phi) is 9.61. The van der Waals surface area contributed by atoms with Gasteiger partial charge in [-0.05, 0) is 42.7 Å². The topological polar surface area (TPSA) is 25.8 Å². The largest absolute Gasteiger partial charge is 0.255 e. The number of pyridine rings is 2. The van der Waals surface area contributed by atoms with Crippen molar-refractivity contribution in [2.45, 2.75) is 71.1 Å². The molecule has 0 aliphatic carbocycles. The minimum Gasteiger partial charge on any atom is -0.255 e. The van der Waals surface area contributed by atoms with Crippen LogP contribution in [0.1, 0.15) is 76.7 Å². The van der Waals surface area contributed by atoms with Gasteiger partial charge >= 0.3 is 0 Å². The fraction of sp³-hybridized carbons (Fsp3) is 0.478. The van der Waals surface area contributed by atoms with Crippen LogP contribution in [-0.2, 0) is 0 Å². The number of allylic oxidation sites excluding steroid dienone is 1. The summed E-state index contributed by atoms with van der Waals surface area (Å²) in [5.41, 5.74) is 3.06. The summed E-state index contributed by atoms with van der Waals surface area (Å²) in [6, 6.07) is 10.1. The van der Waals surface area contributed by atoms with Crippen LogP contribution in [0.25, 0.3) is 17.5 Å². The van der Waals surface area contributed by atoms with Crippen LogP contribution in [0.4, 0.5) is 0 Å². The molecule has 0 aliphatic rings. The minimum absolute atomic E-state index is 0.927. The summed E-state index contributed by atoms with van der Waals surface area (Å²) in [5, 5.41) is 0. The SMILES string of the molecule is CCCCCCCCCCC/C=C\c1ccnc(-c2ccccn2)c1. The molecule has 0 aliphatic heterocycles. The van der Waals surface area contributed by atoms with Gasteiger partial charge in [-0.1, -0.05) is 76.5 Å². The molecule has 2 heterocycles. The Morgan fingerprint density at radius 2 is 1.48 bits per heavy atom. The van der Waals surface area contributed by atoms with Gasteiger partial charge in [0.2, 0.25) is 0 Å². The average Bonchev–Trinajstić information content (AvgIpc) is 2.67. The molecule has 134 valence electrons. The first-order chi connectivity index (χ1) is 12.4. The Labute approximate surface area is 153 Å². The van der Waals surface area contributed by atoms with Gasteiger partial charge in [-0.2, -0.15) is 0 Å². The molecule has 0 saturated heterocycles. The van der Waals surface area contributed by atoms with Crippen molar-refractivity contribution in [1.82, 2.24) is 9.97 Å². The highest BCUT2D eigenvalue weighted by Crippen LogP contribution is 2.16. The lowest BCUT2D eigenvalue weighted by Crippen LogP contribution is -1.86. The van der Waals surface area contributed by atoms with Crippen molar-refractivity contribution < 1.29 is 0 Å². The number of aromatic nitrogens is 2. The molecule has 0 bridgehead atoms. The molecular formula is C23H32N2. The van der Waals surface area contributed by atoms with Crippen molar-refractivity contribution in [2.75, 3.05) is 0 Å². The predicted molar refractivity (Wildman–Crippen MR) is 108 cm³/mol. The van der Waals surface area contributed by atoms with Gasteiger partial charge in [0.1, 0.15) is 0 Å². The quantitative estimate of drug-likeness (QED) is 0.387. The molecule has 2 aromatic heterocycles. The van der Waals surface area contributed by atoms with Crippen LogP contribution in [0, 0.1) is 0 Å². The maximum absolute atomic E-state index is 4.42. The molecule has 0 N–H and O–H groups in total. The third-order valence-corrected chi connectivity index (χ3v) is 4.50. The first-order valence-corrected chi connectivity index (χ1v) is 9.94. The molecule has 0 radical (unpaired) electrons. The van der Waals surface area contributed by atoms with Gasteiger partial charge in [0.05, 0.1) is 11.4 Å². The van der Waals surface area contributed by atoms with Crippen LogP contribution in [-0.4, -0.2) is 9.97 Å². The predicted octanol–water partition coefficient (Wildman–Crippen LogP) is 7.08. The second-order valence-corrected chi connectivity index (χ2v) is 6.71. The summed E-state index contributed by atoms with van der Waals surface area (Å²) >= 11 is 0. The zero-order chi connectivity index (χ0) is 17.6. The standard InChI is InChI=1S/C23H32N2/c1-2-3-4-5-6-7-8-9-10-11-12-15-21-17-19-25-23(20-21)22-16-13-14-18-24-22/h12-20H,2-11H2,1H3/b15-12-. The van der Waals surface area contributed by atoms with E-state index in [2.05, 4.69) is 41.2 Å². The molecule has 2 rings (SSSR count). The Morgan fingerprint density at radius 1 is 0.760 bits per heavy atom. The molecule has 0 saturated carbocycles. The molecular weight excluding hydrogens is 304 g/mol. The van der Waals surface area contributed by atoms with Crippen LogP contribution in [0.15, 0.2) is 48.8 Å². The Bertz CT molecular complexity index is 604. The second-order valence-electron chi connectivity index (χ2n) is 6.71. The number of hydrogen-bond donors (Lipinski definition) is 0. The van der Waals surface area contributed by atoms with Crippen molar-refractivity contribution in [3.05, 3.63) is 54.4 Å². The highest BCUT2D eigenvalue weighted by Gasteiger charge is 1.99. The first-order valence-electron chi connectivity index (χ1n) is 9.94. The van der Waals surface area contributed by atoms with Crippen molar-refractivity contribution in [3.8, 4) is 11.4 Å². The van der Waals surface area contributed by atoms with Gasteiger partial charge in [0.25, 0.3) is 0 Å². The summed E-state index contributed by atoms with van der Waals surface area (Å²) in [7, 11) is 0. The molecule has 2 aromatic rings. The molecule has 0 fully saturated rings. The Balaban J connectivity index is 1.62. The van der Waals surface area contributed by atoms with Crippen LogP contribution >= 0.6 is 0 Å². The lowest BCUT2D eigenvalue weighted by atomic mass is 10.1. The van der Waals surface area contributed by atoms with Crippen LogP contribution < -0.4 is 0 Å². The summed E-state index contributed by atoms with van der Waals surface area (Å²) < 4.78 is 0. The third kappa shape index (κ3) is 8.11. The summed E-state index contributed by atoms with van der Waals surface area (Å²) in [4.78, 5) is 8.78. The fourth-order valence-electron chi connectivity index (χ4n) is 3.00. The normalized spacial score (nSPS) is 11.2. The van der Waals surface area contributed by atoms with E-state index in [1.165, 1.54) is 63.4 Å². The maximum atomic E-state index is 4.42. The van der Waals surface area contributed by atoms with Crippen molar-refractivity contribution in [3.63, 3.8) is 0 Å². The van der Waals surface area contributed by atoms with E-state index >= 15 is 0 Å². The van der Waals surface area contributed by atoms with Crippen LogP contribution in [0.3, 0.4) is 0 Å². The number of hydrogen-bond acceptors (Lipinski definition) is 2. The van der Waals surface area contributed by atoms with Crippen LogP contribution in [0.2, 0.25) is 0 Å². The van der Waals surface area contributed by atoms with E-state index in [9.17, 15) is 0 Å². The summed E-state index contributed by atoms with van der Waals surface area (Å²) in [6.07, 6.45) is 21.8. The minimum atomic E-state index is 0.927. The average molecular weight is 337 g/mol. The van der Waals surface area contributed by atoms with Crippen LogP contribution in [0.5, 0.6) is 0 Å². The van der Waals surface area contributed by atoms with Gasteiger partial charge in [-0.25, -0.2) is 0 Å². The molecule has 2 nitrogen and oxygen atoms in total. The van der Waals surface area contributed by atoms with E-state index in [-0.39, 0.29) is 0 Å². The molecule has 0 spiro atoms. The summed E-state index contributed by atoms with van der Waals surface area (Å²) in [5.74, 6) is 0. The van der Waals surface area contributed by atoms with Gasteiger partial charge in [0, 0.05) is 12.4 Å². The molecule has 2 heteroatoms. The van der Waals surface area contributed by atoms with Gasteiger partial charge in [-0.15, -0.1) is 0 Å². The molecule has 25 heavy (non-hydrogen) atoms. The summed E-state index contributed by atoms with van der Waals surface area (Å²) in [6.45, 7) is 2.28. The van der Waals surface area contributed by atoms with Crippen molar-refractivity contribution in [1.29, 1.82) is 0 Å². The number of rotatable bonds is 12. The van der Waals surface area contributed by atoms with E-state index in [0.717, 1.165) is 17.8 Å². The number of nitrogens with zero attached hydrogens (tertiary/aromatic N) is 2. The second kappa shape index (κ2) is 12.4. The molecule has 0 amide bonds. The van der Waals surface area contributed by atoms with E-state index in [1.807, 2.05) is 30.6 Å². The number of unbranched alkanes of at least 4 members (excludes halogenated alkanes) is 9. The zero-order valence-electron chi connectivity index (χ0n) is 15.7. The fourth-order valence-corrected chi connectivity index (χ4v) is 3.00. The van der Waals surface area contributed by atoms with E-state index < -0.39 is 0 Å². The van der Waals surface area contributed by atoms with Gasteiger partial charge in [-0.3, -0.25) is 9.97 Å². The van der Waals surface area contributed by atoms with Crippen molar-refractivity contribution >= 4 is 6.08 Å². The molecule has 0 atom stereocenters. The van der Waals surface area contributed by atoms with E-state index in [0.29, 0.717) is 0 Å². The van der Waals surface area contributed by atoms with E-state index in [4.69, 9.17) is 0 Å². The molecule has 0 unspecified atom stereocenters. The zero-order valence-corrected chi connectivity index (χ0v) is 15.7. The highest BCUT2D eigenvalue weighted by molar-refractivity contribution is 5.60. The van der Waals surface area contributed by atoms with Gasteiger partial charge in [0.15, 0.2) is 0 Å². The Morgan fingerprint density at radius 3 is 2.20 bits per heavy atom. The van der Waals surface area contributed by atoms with Gasteiger partial charge < -0.3 is 0 Å². The molecule has 0 aromatic carbocycles. The smallest absolute Gasteiger partial charge is 0.0892 e. The maximum Gasteiger partial charge on any atom is 0.0892 e. The van der Waals surface area contributed by atoms with E-state index in [1.54, 1.807) is 0 Å². The lowest BCUT2D eigenvalue weighted by Gasteiger charge is -2.01. The lowest BCUT2D eigenvalue weighted by molar-refractivity contribution is 0.566.